The summed E-state index contributed by atoms with van der Waals surface area (Å²) in [5, 5.41) is 1.88. The molecule has 140 valence electrons. The number of rotatable bonds is 6. The summed E-state index contributed by atoms with van der Waals surface area (Å²) in [6.07, 6.45) is 0.714. The van der Waals surface area contributed by atoms with Gasteiger partial charge in [-0.1, -0.05) is 6.07 Å². The fourth-order valence-electron chi connectivity index (χ4n) is 3.43. The number of thiophene rings is 1. The monoisotopic (exact) mass is 395 g/mol. The molecule has 0 aromatic carbocycles. The minimum atomic E-state index is -3.01. The first-order valence-electron chi connectivity index (χ1n) is 8.37. The number of aromatic nitrogens is 1. The SMILES string of the molecule is Cc1cc(C(=O)COC(=O)Cc2cccs2)c(C)n1[C@@H]1CCS(=O)(=O)C1. The maximum absolute atomic E-state index is 12.5. The third-order valence-electron chi connectivity index (χ3n) is 4.62. The van der Waals surface area contributed by atoms with Crippen molar-refractivity contribution in [2.24, 2.45) is 0 Å². The predicted octanol–water partition coefficient (Wildman–Crippen LogP) is 2.49. The first-order valence-corrected chi connectivity index (χ1v) is 11.1. The zero-order valence-electron chi connectivity index (χ0n) is 14.7. The van der Waals surface area contributed by atoms with E-state index in [2.05, 4.69) is 0 Å². The van der Waals surface area contributed by atoms with Crippen molar-refractivity contribution in [2.45, 2.75) is 32.7 Å². The van der Waals surface area contributed by atoms with Gasteiger partial charge in [-0.05, 0) is 37.8 Å². The van der Waals surface area contributed by atoms with Crippen molar-refractivity contribution in [1.82, 2.24) is 4.57 Å². The summed E-state index contributed by atoms with van der Waals surface area (Å²) in [4.78, 5) is 25.2. The van der Waals surface area contributed by atoms with Crippen LogP contribution in [0.4, 0.5) is 0 Å². The van der Waals surface area contributed by atoms with Crippen molar-refractivity contribution in [2.75, 3.05) is 18.1 Å². The maximum atomic E-state index is 12.5. The van der Waals surface area contributed by atoms with Gasteiger partial charge in [-0.2, -0.15) is 0 Å². The Morgan fingerprint density at radius 3 is 2.73 bits per heavy atom. The van der Waals surface area contributed by atoms with Crippen LogP contribution in [0.25, 0.3) is 0 Å². The molecule has 0 radical (unpaired) electrons. The molecule has 0 amide bonds. The van der Waals surface area contributed by atoms with Crippen LogP contribution >= 0.6 is 11.3 Å². The lowest BCUT2D eigenvalue weighted by Gasteiger charge is -2.16. The molecule has 0 saturated carbocycles. The second kappa shape index (κ2) is 7.36. The molecule has 2 aromatic rings. The fraction of sp³-hybridized carbons (Fsp3) is 0.444. The summed E-state index contributed by atoms with van der Waals surface area (Å²) in [5.41, 5.74) is 2.05. The second-order valence-electron chi connectivity index (χ2n) is 6.55. The number of hydrogen-bond acceptors (Lipinski definition) is 6. The standard InChI is InChI=1S/C18H21NO5S2/c1-12-8-16(13(2)19(12)14-5-7-26(22,23)11-14)17(20)10-24-18(21)9-15-4-3-6-25-15/h3-4,6,8,14H,5,7,9-11H2,1-2H3/t14-/m1/s1. The Labute approximate surface area is 156 Å². The Bertz CT molecular complexity index is 925. The minimum Gasteiger partial charge on any atom is -0.457 e. The first kappa shape index (κ1) is 18.8. The molecule has 0 bridgehead atoms. The van der Waals surface area contributed by atoms with Gasteiger partial charge in [0.05, 0.1) is 17.9 Å². The molecule has 1 aliphatic rings. The van der Waals surface area contributed by atoms with Gasteiger partial charge in [0.2, 0.25) is 5.78 Å². The van der Waals surface area contributed by atoms with E-state index in [9.17, 15) is 18.0 Å². The van der Waals surface area contributed by atoms with E-state index < -0.39 is 15.8 Å². The Balaban J connectivity index is 1.66. The van der Waals surface area contributed by atoms with E-state index in [1.165, 1.54) is 11.3 Å². The van der Waals surface area contributed by atoms with Crippen LogP contribution in [0.15, 0.2) is 23.6 Å². The van der Waals surface area contributed by atoms with Gasteiger partial charge in [-0.3, -0.25) is 9.59 Å². The third kappa shape index (κ3) is 4.07. The molecule has 0 aliphatic carbocycles. The molecule has 6 nitrogen and oxygen atoms in total. The molecule has 0 spiro atoms. The highest BCUT2D eigenvalue weighted by Crippen LogP contribution is 2.29. The smallest absolute Gasteiger partial charge is 0.311 e. The van der Waals surface area contributed by atoms with E-state index in [1.54, 1.807) is 13.0 Å². The van der Waals surface area contributed by atoms with E-state index in [0.717, 1.165) is 16.3 Å². The quantitative estimate of drug-likeness (QED) is 0.554. The zero-order chi connectivity index (χ0) is 18.9. The number of aryl methyl sites for hydroxylation is 1. The number of sulfone groups is 1. The summed E-state index contributed by atoms with van der Waals surface area (Å²) in [7, 11) is -3.01. The molecule has 1 saturated heterocycles. The maximum Gasteiger partial charge on any atom is 0.311 e. The highest BCUT2D eigenvalue weighted by Gasteiger charge is 2.31. The third-order valence-corrected chi connectivity index (χ3v) is 7.25. The molecule has 26 heavy (non-hydrogen) atoms. The molecule has 0 unspecified atom stereocenters. The number of carbonyl (C=O) groups is 2. The van der Waals surface area contributed by atoms with Crippen LogP contribution in [-0.2, 0) is 25.8 Å². The lowest BCUT2D eigenvalue weighted by Crippen LogP contribution is -2.17. The van der Waals surface area contributed by atoms with Crippen molar-refractivity contribution in [3.05, 3.63) is 45.4 Å². The van der Waals surface area contributed by atoms with Gasteiger partial charge < -0.3 is 9.30 Å². The van der Waals surface area contributed by atoms with Crippen LogP contribution in [-0.4, -0.2) is 42.9 Å². The van der Waals surface area contributed by atoms with Crippen LogP contribution in [0.2, 0.25) is 0 Å². The van der Waals surface area contributed by atoms with Gasteiger partial charge in [0.1, 0.15) is 0 Å². The van der Waals surface area contributed by atoms with Crippen molar-refractivity contribution in [1.29, 1.82) is 0 Å². The highest BCUT2D eigenvalue weighted by atomic mass is 32.2. The van der Waals surface area contributed by atoms with E-state index in [0.29, 0.717) is 12.0 Å². The molecule has 1 atom stereocenters. The number of ether oxygens (including phenoxy) is 1. The van der Waals surface area contributed by atoms with Crippen LogP contribution in [0.1, 0.15) is 39.1 Å². The zero-order valence-corrected chi connectivity index (χ0v) is 16.4. The van der Waals surface area contributed by atoms with Gasteiger partial charge in [0, 0.05) is 27.9 Å². The van der Waals surface area contributed by atoms with Gasteiger partial charge in [0.25, 0.3) is 0 Å². The highest BCUT2D eigenvalue weighted by molar-refractivity contribution is 7.91. The van der Waals surface area contributed by atoms with Crippen LogP contribution in [0.5, 0.6) is 0 Å². The Morgan fingerprint density at radius 2 is 2.12 bits per heavy atom. The largest absolute Gasteiger partial charge is 0.457 e. The Hall–Kier alpha value is -1.93. The molecular formula is C18H21NO5S2. The minimum absolute atomic E-state index is 0.104. The van der Waals surface area contributed by atoms with Crippen molar-refractivity contribution in [3.63, 3.8) is 0 Å². The number of nitrogens with zero attached hydrogens (tertiary/aromatic N) is 1. The van der Waals surface area contributed by atoms with Crippen LogP contribution in [0, 0.1) is 13.8 Å². The van der Waals surface area contributed by atoms with Crippen LogP contribution in [0.3, 0.4) is 0 Å². The number of carbonyl (C=O) groups excluding carboxylic acids is 2. The summed E-state index contributed by atoms with van der Waals surface area (Å²) in [6, 6.07) is 5.31. The number of Topliss-reactive ketones (excluding diaryl/α,β-unsaturated/α-hetero) is 1. The van der Waals surface area contributed by atoms with Crippen molar-refractivity contribution < 1.29 is 22.7 Å². The second-order valence-corrected chi connectivity index (χ2v) is 9.81. The molecule has 3 rings (SSSR count). The molecule has 0 N–H and O–H groups in total. The molecule has 8 heteroatoms. The Morgan fingerprint density at radius 1 is 1.35 bits per heavy atom. The predicted molar refractivity (Wildman–Crippen MR) is 99.5 cm³/mol. The topological polar surface area (TPSA) is 82.4 Å². The number of ketones is 1. The van der Waals surface area contributed by atoms with E-state index in [-0.39, 0.29) is 36.4 Å². The molecule has 1 aliphatic heterocycles. The number of hydrogen-bond donors (Lipinski definition) is 0. The Kier molecular flexibility index (Phi) is 5.34. The average Bonchev–Trinajstić information content (AvgIpc) is 3.25. The molecule has 1 fully saturated rings. The fourth-order valence-corrected chi connectivity index (χ4v) is 5.82. The van der Waals surface area contributed by atoms with E-state index in [1.807, 2.05) is 29.0 Å². The summed E-state index contributed by atoms with van der Waals surface area (Å²) >= 11 is 1.47. The van der Waals surface area contributed by atoms with Gasteiger partial charge in [-0.15, -0.1) is 11.3 Å². The van der Waals surface area contributed by atoms with Gasteiger partial charge in [-0.25, -0.2) is 8.42 Å². The van der Waals surface area contributed by atoms with Gasteiger partial charge >= 0.3 is 5.97 Å². The van der Waals surface area contributed by atoms with Crippen molar-refractivity contribution in [3.8, 4) is 0 Å². The molecule has 2 aromatic heterocycles. The van der Waals surface area contributed by atoms with Crippen LogP contribution < -0.4 is 0 Å². The van der Waals surface area contributed by atoms with Gasteiger partial charge in [0.15, 0.2) is 16.4 Å². The van der Waals surface area contributed by atoms with Crippen molar-refractivity contribution >= 4 is 32.9 Å². The lowest BCUT2D eigenvalue weighted by atomic mass is 10.1. The lowest BCUT2D eigenvalue weighted by molar-refractivity contribution is -0.141. The van der Waals surface area contributed by atoms with E-state index in [4.69, 9.17) is 4.74 Å². The summed E-state index contributed by atoms with van der Waals surface area (Å²) in [6.45, 7) is 3.35. The van der Waals surface area contributed by atoms with E-state index >= 15 is 0 Å². The summed E-state index contributed by atoms with van der Waals surface area (Å²) in [5.74, 6) is -0.424. The average molecular weight is 396 g/mol. The molecular weight excluding hydrogens is 374 g/mol. The molecule has 3 heterocycles. The number of esters is 1. The summed E-state index contributed by atoms with van der Waals surface area (Å²) < 4.78 is 30.5. The normalized spacial score (nSPS) is 18.8. The first-order chi connectivity index (χ1) is 12.3.